The summed E-state index contributed by atoms with van der Waals surface area (Å²) in [5, 5.41) is 22.8. The Balaban J connectivity index is 2.37. The third-order valence-corrected chi connectivity index (χ3v) is 3.03. The van der Waals surface area contributed by atoms with Gasteiger partial charge in [0.15, 0.2) is 5.54 Å². The van der Waals surface area contributed by atoms with E-state index >= 15 is 0 Å². The Morgan fingerprint density at radius 2 is 2.42 bits per heavy atom. The second kappa shape index (κ2) is 4.98. The standard InChI is InChI=1S/C10H10ClN3O5/c11-6-3-7(14(17)18)8(12-4-6)13-10(9(15)16)1-2-19-5-10/h3-4H,1-2,5H2,(H,12,13)(H,15,16). The molecule has 9 heteroatoms. The van der Waals surface area contributed by atoms with Crippen LogP contribution in [0.3, 0.4) is 0 Å². The van der Waals surface area contributed by atoms with E-state index in [0.717, 1.165) is 6.07 Å². The van der Waals surface area contributed by atoms with Gasteiger partial charge in [0.1, 0.15) is 0 Å². The Morgan fingerprint density at radius 1 is 1.68 bits per heavy atom. The number of rotatable bonds is 4. The van der Waals surface area contributed by atoms with Crippen LogP contribution in [0.1, 0.15) is 6.42 Å². The lowest BCUT2D eigenvalue weighted by Crippen LogP contribution is -2.47. The molecule has 1 fully saturated rings. The van der Waals surface area contributed by atoms with Gasteiger partial charge in [-0.25, -0.2) is 9.78 Å². The maximum Gasteiger partial charge on any atom is 0.331 e. The summed E-state index contributed by atoms with van der Waals surface area (Å²) in [6.07, 6.45) is 1.41. The number of aromatic nitrogens is 1. The number of carbonyl (C=O) groups is 1. The Morgan fingerprint density at radius 3 is 2.95 bits per heavy atom. The van der Waals surface area contributed by atoms with Gasteiger partial charge < -0.3 is 15.2 Å². The summed E-state index contributed by atoms with van der Waals surface area (Å²) in [6, 6.07) is 1.11. The Kier molecular flexibility index (Phi) is 3.54. The molecule has 8 nitrogen and oxygen atoms in total. The van der Waals surface area contributed by atoms with E-state index in [1.165, 1.54) is 6.20 Å². The first-order chi connectivity index (χ1) is 8.94. The van der Waals surface area contributed by atoms with Crippen LogP contribution in [0.15, 0.2) is 12.3 Å². The van der Waals surface area contributed by atoms with Gasteiger partial charge in [-0.2, -0.15) is 0 Å². The minimum absolute atomic E-state index is 0.0796. The third-order valence-electron chi connectivity index (χ3n) is 2.82. The van der Waals surface area contributed by atoms with E-state index in [0.29, 0.717) is 0 Å². The zero-order valence-corrected chi connectivity index (χ0v) is 10.4. The molecule has 2 heterocycles. The van der Waals surface area contributed by atoms with E-state index in [1.54, 1.807) is 0 Å². The maximum atomic E-state index is 11.3. The largest absolute Gasteiger partial charge is 0.479 e. The van der Waals surface area contributed by atoms with Crippen molar-refractivity contribution >= 4 is 29.1 Å². The highest BCUT2D eigenvalue weighted by Gasteiger charge is 2.44. The molecular formula is C10H10ClN3O5. The summed E-state index contributed by atoms with van der Waals surface area (Å²) in [4.78, 5) is 25.3. The van der Waals surface area contributed by atoms with Crippen LogP contribution in [-0.2, 0) is 9.53 Å². The third kappa shape index (κ3) is 2.59. The van der Waals surface area contributed by atoms with Gasteiger partial charge in [0.2, 0.25) is 5.82 Å². The van der Waals surface area contributed by atoms with Crippen molar-refractivity contribution in [1.29, 1.82) is 0 Å². The molecule has 0 amide bonds. The van der Waals surface area contributed by atoms with Gasteiger partial charge in [-0.15, -0.1) is 0 Å². The van der Waals surface area contributed by atoms with Crippen LogP contribution in [0.2, 0.25) is 5.02 Å². The van der Waals surface area contributed by atoms with Gasteiger partial charge in [-0.1, -0.05) is 11.6 Å². The van der Waals surface area contributed by atoms with E-state index in [-0.39, 0.29) is 36.2 Å². The zero-order valence-electron chi connectivity index (χ0n) is 9.63. The first-order valence-corrected chi connectivity index (χ1v) is 5.72. The van der Waals surface area contributed by atoms with Crippen LogP contribution in [0.5, 0.6) is 0 Å². The molecule has 102 valence electrons. The van der Waals surface area contributed by atoms with Gasteiger partial charge in [-0.05, 0) is 0 Å². The van der Waals surface area contributed by atoms with E-state index in [2.05, 4.69) is 10.3 Å². The SMILES string of the molecule is O=C(O)C1(Nc2ncc(Cl)cc2[N+](=O)[O-])CCOC1. The number of nitro groups is 1. The highest BCUT2D eigenvalue weighted by Crippen LogP contribution is 2.30. The molecule has 19 heavy (non-hydrogen) atoms. The molecule has 1 saturated heterocycles. The number of carboxylic acid groups (broad SMARTS) is 1. The van der Waals surface area contributed by atoms with Gasteiger partial charge in [0, 0.05) is 25.3 Å². The predicted octanol–water partition coefficient (Wildman–Crippen LogP) is 1.30. The minimum Gasteiger partial charge on any atom is -0.479 e. The monoisotopic (exact) mass is 287 g/mol. The van der Waals surface area contributed by atoms with E-state index in [9.17, 15) is 20.0 Å². The Bertz CT molecular complexity index is 530. The summed E-state index contributed by atoms with van der Waals surface area (Å²) in [5.74, 6) is -1.28. The second-order valence-electron chi connectivity index (χ2n) is 4.09. The second-order valence-corrected chi connectivity index (χ2v) is 4.53. The molecule has 1 aliphatic heterocycles. The van der Waals surface area contributed by atoms with Crippen LogP contribution in [0.25, 0.3) is 0 Å². The molecule has 0 spiro atoms. The molecule has 1 atom stereocenters. The smallest absolute Gasteiger partial charge is 0.331 e. The first kappa shape index (κ1) is 13.5. The highest BCUT2D eigenvalue weighted by atomic mass is 35.5. The van der Waals surface area contributed by atoms with Crippen LogP contribution >= 0.6 is 11.6 Å². The number of nitrogens with one attached hydrogen (secondary N) is 1. The maximum absolute atomic E-state index is 11.3. The number of aliphatic carboxylic acids is 1. The number of hydrogen-bond acceptors (Lipinski definition) is 6. The van der Waals surface area contributed by atoms with E-state index in [1.807, 2.05) is 0 Å². The number of carboxylic acids is 1. The molecule has 2 rings (SSSR count). The molecule has 1 aliphatic rings. The summed E-state index contributed by atoms with van der Waals surface area (Å²) in [6.45, 7) is 0.185. The van der Waals surface area contributed by atoms with Crippen molar-refractivity contribution in [2.75, 3.05) is 18.5 Å². The Labute approximate surface area is 112 Å². The summed E-state index contributed by atoms with van der Waals surface area (Å²) >= 11 is 5.64. The predicted molar refractivity (Wildman–Crippen MR) is 65.3 cm³/mol. The number of anilines is 1. The molecule has 1 aromatic heterocycles. The zero-order chi connectivity index (χ0) is 14.0. The fraction of sp³-hybridized carbons (Fsp3) is 0.400. The van der Waals surface area contributed by atoms with Crippen molar-refractivity contribution in [3.05, 3.63) is 27.4 Å². The first-order valence-electron chi connectivity index (χ1n) is 5.34. The van der Waals surface area contributed by atoms with Gasteiger partial charge in [-0.3, -0.25) is 10.1 Å². The summed E-state index contributed by atoms with van der Waals surface area (Å²) in [7, 11) is 0. The normalized spacial score (nSPS) is 22.2. The number of hydrogen-bond donors (Lipinski definition) is 2. The van der Waals surface area contributed by atoms with E-state index in [4.69, 9.17) is 16.3 Å². The van der Waals surface area contributed by atoms with Crippen molar-refractivity contribution in [3.8, 4) is 0 Å². The quantitative estimate of drug-likeness (QED) is 0.633. The number of nitrogens with zero attached hydrogens (tertiary/aromatic N) is 2. The fourth-order valence-electron chi connectivity index (χ4n) is 1.78. The molecule has 0 bridgehead atoms. The van der Waals surface area contributed by atoms with Crippen LogP contribution < -0.4 is 5.32 Å². The molecule has 1 unspecified atom stereocenters. The molecule has 2 N–H and O–H groups in total. The van der Waals surface area contributed by atoms with Crippen LogP contribution in [-0.4, -0.2) is 39.7 Å². The topological polar surface area (TPSA) is 115 Å². The van der Waals surface area contributed by atoms with Gasteiger partial charge in [0.05, 0.1) is 16.6 Å². The summed E-state index contributed by atoms with van der Waals surface area (Å²) in [5.41, 5.74) is -1.77. The molecule has 0 saturated carbocycles. The highest BCUT2D eigenvalue weighted by molar-refractivity contribution is 6.30. The average Bonchev–Trinajstić information content (AvgIpc) is 2.81. The van der Waals surface area contributed by atoms with Crippen LogP contribution in [0, 0.1) is 10.1 Å². The lowest BCUT2D eigenvalue weighted by atomic mass is 9.99. The molecule has 0 radical (unpaired) electrons. The van der Waals surface area contributed by atoms with Gasteiger partial charge in [0.25, 0.3) is 0 Å². The fourth-order valence-corrected chi connectivity index (χ4v) is 1.93. The number of halogens is 1. The van der Waals surface area contributed by atoms with E-state index < -0.39 is 16.4 Å². The molecule has 1 aromatic rings. The average molecular weight is 288 g/mol. The van der Waals surface area contributed by atoms with Crippen molar-refractivity contribution < 1.29 is 19.6 Å². The Hall–Kier alpha value is -1.93. The molecule has 0 aromatic carbocycles. The van der Waals surface area contributed by atoms with Crippen LogP contribution in [0.4, 0.5) is 11.5 Å². The lowest BCUT2D eigenvalue weighted by molar-refractivity contribution is -0.384. The van der Waals surface area contributed by atoms with Gasteiger partial charge >= 0.3 is 11.7 Å². The lowest BCUT2D eigenvalue weighted by Gasteiger charge is -2.23. The van der Waals surface area contributed by atoms with Crippen molar-refractivity contribution in [1.82, 2.24) is 4.98 Å². The van der Waals surface area contributed by atoms with Crippen molar-refractivity contribution in [2.45, 2.75) is 12.0 Å². The van der Waals surface area contributed by atoms with Crippen molar-refractivity contribution in [3.63, 3.8) is 0 Å². The minimum atomic E-state index is -1.40. The number of pyridine rings is 1. The summed E-state index contributed by atoms with van der Waals surface area (Å²) < 4.78 is 5.05. The molecule has 0 aliphatic carbocycles. The van der Waals surface area contributed by atoms with Crippen molar-refractivity contribution in [2.24, 2.45) is 0 Å². The molecular weight excluding hydrogens is 278 g/mol. The number of ether oxygens (including phenoxy) is 1.